The van der Waals surface area contributed by atoms with Crippen LogP contribution in [0.3, 0.4) is 0 Å². The zero-order valence-corrected chi connectivity index (χ0v) is 10.4. The Morgan fingerprint density at radius 1 is 1.41 bits per heavy atom. The maximum absolute atomic E-state index is 13.1. The standard InChI is InChI=1S/C8H10ClFN2O4S/c1-2-17(15,16)4-3-12-7(13)5(10)6(9)11-8(12)14/h2-4H2,1H3,(H,11,14). The first-order valence-electron chi connectivity index (χ1n) is 4.67. The van der Waals surface area contributed by atoms with Gasteiger partial charge in [0.1, 0.15) is 0 Å². The van der Waals surface area contributed by atoms with Crippen molar-refractivity contribution in [2.75, 3.05) is 11.5 Å². The van der Waals surface area contributed by atoms with E-state index in [1.54, 1.807) is 0 Å². The molecule has 1 aromatic heterocycles. The van der Waals surface area contributed by atoms with Crippen molar-refractivity contribution in [2.45, 2.75) is 13.5 Å². The van der Waals surface area contributed by atoms with Crippen LogP contribution in [0.15, 0.2) is 9.59 Å². The summed E-state index contributed by atoms with van der Waals surface area (Å²) in [6.07, 6.45) is 0. The molecule has 0 saturated heterocycles. The molecule has 0 aromatic carbocycles. The predicted molar refractivity (Wildman–Crippen MR) is 60.6 cm³/mol. The van der Waals surface area contributed by atoms with Gasteiger partial charge in [-0.05, 0) is 0 Å². The molecule has 0 atom stereocenters. The van der Waals surface area contributed by atoms with Crippen LogP contribution in [0.1, 0.15) is 6.92 Å². The van der Waals surface area contributed by atoms with E-state index in [4.69, 9.17) is 11.6 Å². The smallest absolute Gasteiger partial charge is 0.295 e. The summed E-state index contributed by atoms with van der Waals surface area (Å²) in [4.78, 5) is 24.5. The molecule has 0 aliphatic rings. The van der Waals surface area contributed by atoms with E-state index in [2.05, 4.69) is 0 Å². The zero-order chi connectivity index (χ0) is 13.2. The molecule has 0 amide bonds. The molecule has 0 aliphatic carbocycles. The molecule has 6 nitrogen and oxygen atoms in total. The third-order valence-electron chi connectivity index (χ3n) is 2.15. The molecular formula is C8H10ClFN2O4S. The van der Waals surface area contributed by atoms with Crippen LogP contribution in [0.4, 0.5) is 4.39 Å². The van der Waals surface area contributed by atoms with E-state index in [0.717, 1.165) is 0 Å². The van der Waals surface area contributed by atoms with Gasteiger partial charge in [-0.3, -0.25) is 14.3 Å². The fourth-order valence-electron chi connectivity index (χ4n) is 1.10. The summed E-state index contributed by atoms with van der Waals surface area (Å²) in [5.74, 6) is -1.83. The number of nitrogens with one attached hydrogen (secondary N) is 1. The molecule has 0 saturated carbocycles. The maximum atomic E-state index is 13.1. The van der Waals surface area contributed by atoms with E-state index in [1.807, 2.05) is 4.98 Å². The lowest BCUT2D eigenvalue weighted by Gasteiger charge is -2.05. The third kappa shape index (κ3) is 3.16. The zero-order valence-electron chi connectivity index (χ0n) is 8.87. The van der Waals surface area contributed by atoms with Gasteiger partial charge in [0.15, 0.2) is 15.0 Å². The van der Waals surface area contributed by atoms with Crippen molar-refractivity contribution in [3.8, 4) is 0 Å². The van der Waals surface area contributed by atoms with Gasteiger partial charge in [0.25, 0.3) is 5.56 Å². The fraction of sp³-hybridized carbons (Fsp3) is 0.500. The van der Waals surface area contributed by atoms with Crippen LogP contribution in [-0.2, 0) is 16.4 Å². The van der Waals surface area contributed by atoms with Gasteiger partial charge >= 0.3 is 5.69 Å². The Morgan fingerprint density at radius 3 is 2.53 bits per heavy atom. The van der Waals surface area contributed by atoms with Crippen LogP contribution >= 0.6 is 11.6 Å². The first kappa shape index (κ1) is 13.9. The SMILES string of the molecule is CCS(=O)(=O)CCn1c(=O)[nH]c(Cl)c(F)c1=O. The summed E-state index contributed by atoms with van der Waals surface area (Å²) in [6, 6.07) is 0. The van der Waals surface area contributed by atoms with Gasteiger partial charge in [-0.25, -0.2) is 13.2 Å². The van der Waals surface area contributed by atoms with Gasteiger partial charge in [0.05, 0.1) is 5.75 Å². The Balaban J connectivity index is 3.14. The fourth-order valence-corrected chi connectivity index (χ4v) is 2.01. The molecule has 96 valence electrons. The summed E-state index contributed by atoms with van der Waals surface area (Å²) >= 11 is 5.25. The number of sulfone groups is 1. The molecule has 1 rings (SSSR count). The molecule has 17 heavy (non-hydrogen) atoms. The quantitative estimate of drug-likeness (QED) is 0.773. The minimum absolute atomic E-state index is 0.115. The van der Waals surface area contributed by atoms with Crippen molar-refractivity contribution < 1.29 is 12.8 Å². The second-order valence-corrected chi connectivity index (χ2v) is 6.10. The summed E-state index contributed by atoms with van der Waals surface area (Å²) in [7, 11) is -3.34. The number of aromatic nitrogens is 2. The van der Waals surface area contributed by atoms with Crippen molar-refractivity contribution in [1.82, 2.24) is 9.55 Å². The predicted octanol–water partition coefficient (Wildman–Crippen LogP) is -0.236. The Morgan fingerprint density at radius 2 is 2.00 bits per heavy atom. The number of H-pyrrole nitrogens is 1. The monoisotopic (exact) mass is 284 g/mol. The van der Waals surface area contributed by atoms with Gasteiger partial charge in [-0.2, -0.15) is 4.39 Å². The van der Waals surface area contributed by atoms with Crippen LogP contribution in [0, 0.1) is 5.82 Å². The number of rotatable bonds is 4. The van der Waals surface area contributed by atoms with E-state index in [0.29, 0.717) is 4.57 Å². The average molecular weight is 285 g/mol. The first-order chi connectivity index (χ1) is 7.78. The van der Waals surface area contributed by atoms with E-state index < -0.39 is 44.4 Å². The lowest BCUT2D eigenvalue weighted by Crippen LogP contribution is -2.38. The van der Waals surface area contributed by atoms with Crippen LogP contribution < -0.4 is 11.2 Å². The highest BCUT2D eigenvalue weighted by molar-refractivity contribution is 7.91. The summed E-state index contributed by atoms with van der Waals surface area (Å²) in [6.45, 7) is 1.03. The molecule has 1 aromatic rings. The van der Waals surface area contributed by atoms with E-state index in [-0.39, 0.29) is 5.75 Å². The highest BCUT2D eigenvalue weighted by Gasteiger charge is 2.14. The van der Waals surface area contributed by atoms with Gasteiger partial charge < -0.3 is 0 Å². The van der Waals surface area contributed by atoms with Crippen molar-refractivity contribution in [3.63, 3.8) is 0 Å². The lowest BCUT2D eigenvalue weighted by molar-refractivity contribution is 0.544. The molecule has 1 heterocycles. The van der Waals surface area contributed by atoms with Crippen molar-refractivity contribution in [3.05, 3.63) is 31.8 Å². The van der Waals surface area contributed by atoms with Crippen molar-refractivity contribution >= 4 is 21.4 Å². The molecule has 0 aliphatic heterocycles. The van der Waals surface area contributed by atoms with Crippen LogP contribution in [-0.4, -0.2) is 29.5 Å². The second kappa shape index (κ2) is 5.01. The highest BCUT2D eigenvalue weighted by Crippen LogP contribution is 2.02. The largest absolute Gasteiger partial charge is 0.329 e. The third-order valence-corrected chi connectivity index (χ3v) is 4.10. The van der Waals surface area contributed by atoms with Crippen LogP contribution in [0.5, 0.6) is 0 Å². The van der Waals surface area contributed by atoms with Gasteiger partial charge in [0, 0.05) is 12.3 Å². The molecule has 1 N–H and O–H groups in total. The molecule has 9 heteroatoms. The van der Waals surface area contributed by atoms with Crippen LogP contribution in [0.2, 0.25) is 5.15 Å². The van der Waals surface area contributed by atoms with Crippen molar-refractivity contribution in [1.29, 1.82) is 0 Å². The number of hydrogen-bond donors (Lipinski definition) is 1. The maximum Gasteiger partial charge on any atom is 0.329 e. The average Bonchev–Trinajstić information content (AvgIpc) is 2.26. The number of nitrogens with zero attached hydrogens (tertiary/aromatic N) is 1. The van der Waals surface area contributed by atoms with E-state index >= 15 is 0 Å². The molecular weight excluding hydrogens is 275 g/mol. The Labute approximate surface area is 101 Å². The first-order valence-corrected chi connectivity index (χ1v) is 6.87. The highest BCUT2D eigenvalue weighted by atomic mass is 35.5. The molecule has 0 spiro atoms. The van der Waals surface area contributed by atoms with Crippen LogP contribution in [0.25, 0.3) is 0 Å². The number of aromatic amines is 1. The van der Waals surface area contributed by atoms with Gasteiger partial charge in [-0.15, -0.1) is 0 Å². The Kier molecular flexibility index (Phi) is 4.10. The number of halogens is 2. The van der Waals surface area contributed by atoms with Crippen molar-refractivity contribution in [2.24, 2.45) is 0 Å². The second-order valence-electron chi connectivity index (χ2n) is 3.25. The lowest BCUT2D eigenvalue weighted by atomic mass is 10.5. The summed E-state index contributed by atoms with van der Waals surface area (Å²) in [5, 5.41) is -0.686. The normalized spacial score (nSPS) is 11.7. The topological polar surface area (TPSA) is 89.0 Å². The molecule has 0 unspecified atom stereocenters. The minimum Gasteiger partial charge on any atom is -0.295 e. The summed E-state index contributed by atoms with van der Waals surface area (Å²) in [5.41, 5.74) is -2.17. The van der Waals surface area contributed by atoms with Gasteiger partial charge in [0.2, 0.25) is 5.82 Å². The summed E-state index contributed by atoms with van der Waals surface area (Å²) < 4.78 is 36.0. The van der Waals surface area contributed by atoms with E-state index in [1.165, 1.54) is 6.92 Å². The Bertz CT molecular complexity index is 634. The van der Waals surface area contributed by atoms with Gasteiger partial charge in [-0.1, -0.05) is 18.5 Å². The molecule has 0 fully saturated rings. The minimum atomic E-state index is -3.34. The Hall–Kier alpha value is -1.15. The number of hydrogen-bond acceptors (Lipinski definition) is 4. The van der Waals surface area contributed by atoms with E-state index in [9.17, 15) is 22.4 Å². The molecule has 0 radical (unpaired) electrons. The molecule has 0 bridgehead atoms.